The van der Waals surface area contributed by atoms with Gasteiger partial charge in [0, 0.05) is 13.0 Å². The number of carboxylic acids is 1. The second-order valence-electron chi connectivity index (χ2n) is 5.32. The van der Waals surface area contributed by atoms with Crippen LogP contribution in [0.3, 0.4) is 0 Å². The second kappa shape index (κ2) is 6.58. The summed E-state index contributed by atoms with van der Waals surface area (Å²) in [6.07, 6.45) is 3.33. The minimum absolute atomic E-state index is 0.000593. The van der Waals surface area contributed by atoms with Crippen molar-refractivity contribution in [2.45, 2.75) is 56.3 Å². The molecule has 112 valence electrons. The lowest BCUT2D eigenvalue weighted by Gasteiger charge is -2.23. The maximum absolute atomic E-state index is 10.8. The van der Waals surface area contributed by atoms with E-state index in [1.54, 1.807) is 7.11 Å². The van der Waals surface area contributed by atoms with E-state index >= 15 is 0 Å². The topological polar surface area (TPSA) is 77.2 Å². The van der Waals surface area contributed by atoms with Crippen LogP contribution < -0.4 is 0 Å². The van der Waals surface area contributed by atoms with Crippen molar-refractivity contribution in [2.75, 3.05) is 12.9 Å². The molecule has 0 bridgehead atoms. The van der Waals surface area contributed by atoms with Gasteiger partial charge >= 0.3 is 5.97 Å². The summed E-state index contributed by atoms with van der Waals surface area (Å²) in [4.78, 5) is 10.8. The average Bonchev–Trinajstić information content (AvgIpc) is 3.01. The molecule has 0 spiro atoms. The fraction of sp³-hybridized carbons (Fsp3) is 0.769. The number of aromatic nitrogens is 3. The maximum atomic E-state index is 10.8. The quantitative estimate of drug-likeness (QED) is 0.812. The van der Waals surface area contributed by atoms with Gasteiger partial charge in [0.05, 0.1) is 17.9 Å². The largest absolute Gasteiger partial charge is 0.481 e. The molecule has 0 aliphatic heterocycles. The third kappa shape index (κ3) is 3.15. The number of carboxylic acid groups (broad SMARTS) is 1. The fourth-order valence-corrected chi connectivity index (χ4v) is 3.41. The van der Waals surface area contributed by atoms with Crippen molar-refractivity contribution >= 4 is 17.7 Å². The van der Waals surface area contributed by atoms with E-state index in [2.05, 4.69) is 28.6 Å². The number of hydrogen-bond donors (Lipinski definition) is 1. The summed E-state index contributed by atoms with van der Waals surface area (Å²) >= 11 is 1.23. The Morgan fingerprint density at radius 3 is 2.85 bits per heavy atom. The Morgan fingerprint density at radius 2 is 2.25 bits per heavy atom. The predicted octanol–water partition coefficient (Wildman–Crippen LogP) is 2.32. The summed E-state index contributed by atoms with van der Waals surface area (Å²) in [5.74, 6) is 0.317. The number of hydrogen-bond acceptors (Lipinski definition) is 5. The molecule has 1 heterocycles. The van der Waals surface area contributed by atoms with E-state index in [0.717, 1.165) is 25.1 Å². The van der Waals surface area contributed by atoms with Crippen LogP contribution in [0.5, 0.6) is 0 Å². The normalized spacial score (nSPS) is 22.6. The lowest BCUT2D eigenvalue weighted by atomic mass is 10.1. The van der Waals surface area contributed by atoms with Crippen LogP contribution in [0.25, 0.3) is 0 Å². The molecule has 1 saturated carbocycles. The van der Waals surface area contributed by atoms with Crippen LogP contribution >= 0.6 is 11.8 Å². The first kappa shape index (κ1) is 15.3. The van der Waals surface area contributed by atoms with E-state index in [1.807, 2.05) is 0 Å². The van der Waals surface area contributed by atoms with Crippen LogP contribution in [0.2, 0.25) is 0 Å². The van der Waals surface area contributed by atoms with Gasteiger partial charge in [-0.2, -0.15) is 0 Å². The van der Waals surface area contributed by atoms with Crippen molar-refractivity contribution in [3.05, 3.63) is 5.82 Å². The monoisotopic (exact) mass is 299 g/mol. The summed E-state index contributed by atoms with van der Waals surface area (Å²) in [6, 6.07) is 0.212. The zero-order chi connectivity index (χ0) is 14.7. The van der Waals surface area contributed by atoms with Gasteiger partial charge in [0.1, 0.15) is 5.82 Å². The molecule has 0 aromatic carbocycles. The number of rotatable bonds is 6. The van der Waals surface area contributed by atoms with Crippen LogP contribution in [0, 0.1) is 0 Å². The second-order valence-corrected chi connectivity index (χ2v) is 6.26. The Hall–Kier alpha value is -1.08. The lowest BCUT2D eigenvalue weighted by molar-refractivity contribution is -0.133. The van der Waals surface area contributed by atoms with Crippen LogP contribution in [0.4, 0.5) is 0 Å². The molecule has 2 unspecified atom stereocenters. The Labute approximate surface area is 122 Å². The molecule has 7 heteroatoms. The van der Waals surface area contributed by atoms with Crippen molar-refractivity contribution in [1.82, 2.24) is 14.8 Å². The minimum atomic E-state index is -0.842. The minimum Gasteiger partial charge on any atom is -0.481 e. The van der Waals surface area contributed by atoms with Gasteiger partial charge in [0.2, 0.25) is 0 Å². The van der Waals surface area contributed by atoms with E-state index < -0.39 is 5.97 Å². The molecule has 20 heavy (non-hydrogen) atoms. The summed E-state index contributed by atoms with van der Waals surface area (Å²) in [5, 5.41) is 18.0. The van der Waals surface area contributed by atoms with Crippen molar-refractivity contribution in [1.29, 1.82) is 0 Å². The van der Waals surface area contributed by atoms with Crippen molar-refractivity contribution < 1.29 is 14.6 Å². The predicted molar refractivity (Wildman–Crippen MR) is 76.2 cm³/mol. The summed E-state index contributed by atoms with van der Waals surface area (Å²) in [6.45, 7) is 4.14. The van der Waals surface area contributed by atoms with E-state index in [9.17, 15) is 4.79 Å². The van der Waals surface area contributed by atoms with Crippen LogP contribution in [0.1, 0.15) is 50.9 Å². The molecule has 1 aliphatic rings. The highest BCUT2D eigenvalue weighted by atomic mass is 32.2. The number of aliphatic carboxylic acids is 1. The molecule has 1 fully saturated rings. The molecule has 1 N–H and O–H groups in total. The highest BCUT2D eigenvalue weighted by Crippen LogP contribution is 2.37. The Bertz CT molecular complexity index is 475. The smallest absolute Gasteiger partial charge is 0.313 e. The Kier molecular flexibility index (Phi) is 5.04. The van der Waals surface area contributed by atoms with Gasteiger partial charge < -0.3 is 14.4 Å². The molecule has 2 rings (SSSR count). The number of ether oxygens (including phenoxy) is 1. The van der Waals surface area contributed by atoms with Gasteiger partial charge in [-0.1, -0.05) is 25.6 Å². The van der Waals surface area contributed by atoms with Crippen LogP contribution in [-0.4, -0.2) is 44.8 Å². The summed E-state index contributed by atoms with van der Waals surface area (Å²) < 4.78 is 7.66. The van der Waals surface area contributed by atoms with E-state index in [-0.39, 0.29) is 23.8 Å². The van der Waals surface area contributed by atoms with Gasteiger partial charge in [-0.25, -0.2) is 0 Å². The van der Waals surface area contributed by atoms with Gasteiger partial charge in [-0.05, 0) is 19.3 Å². The average molecular weight is 299 g/mol. The molecular formula is C13H21N3O3S. The van der Waals surface area contributed by atoms with Crippen LogP contribution in [-0.2, 0) is 9.53 Å². The number of methoxy groups -OCH3 is 1. The van der Waals surface area contributed by atoms with E-state index in [4.69, 9.17) is 9.84 Å². The molecule has 0 saturated heterocycles. The first-order chi connectivity index (χ1) is 9.54. The van der Waals surface area contributed by atoms with Gasteiger partial charge in [0.25, 0.3) is 0 Å². The number of carbonyl (C=O) groups is 1. The van der Waals surface area contributed by atoms with Crippen molar-refractivity contribution in [3.63, 3.8) is 0 Å². The molecule has 1 aromatic heterocycles. The molecule has 6 nitrogen and oxygen atoms in total. The van der Waals surface area contributed by atoms with E-state index in [0.29, 0.717) is 5.16 Å². The third-order valence-electron chi connectivity index (χ3n) is 3.58. The van der Waals surface area contributed by atoms with Gasteiger partial charge in [0.15, 0.2) is 5.16 Å². The molecular weight excluding hydrogens is 278 g/mol. The Morgan fingerprint density at radius 1 is 1.50 bits per heavy atom. The van der Waals surface area contributed by atoms with Crippen LogP contribution in [0.15, 0.2) is 5.16 Å². The number of nitrogens with zero attached hydrogens (tertiary/aromatic N) is 3. The zero-order valence-corrected chi connectivity index (χ0v) is 12.9. The molecule has 0 amide bonds. The van der Waals surface area contributed by atoms with E-state index in [1.165, 1.54) is 11.8 Å². The molecule has 0 radical (unpaired) electrons. The zero-order valence-electron chi connectivity index (χ0n) is 12.1. The Balaban J connectivity index is 2.31. The molecule has 2 atom stereocenters. The standard InChI is InChI=1S/C13H21N3O3S/c1-8(2)12-14-15-13(20-7-11(17)18)16(12)9-5-4-6-10(9)19-3/h8-10H,4-7H2,1-3H3,(H,17,18). The first-order valence-corrected chi connectivity index (χ1v) is 7.85. The number of thioether (sulfide) groups is 1. The fourth-order valence-electron chi connectivity index (χ4n) is 2.70. The van der Waals surface area contributed by atoms with Crippen molar-refractivity contribution in [3.8, 4) is 0 Å². The van der Waals surface area contributed by atoms with Gasteiger partial charge in [-0.15, -0.1) is 10.2 Å². The maximum Gasteiger partial charge on any atom is 0.313 e. The highest BCUT2D eigenvalue weighted by Gasteiger charge is 2.33. The third-order valence-corrected chi connectivity index (χ3v) is 4.51. The van der Waals surface area contributed by atoms with Crippen molar-refractivity contribution in [2.24, 2.45) is 0 Å². The highest BCUT2D eigenvalue weighted by molar-refractivity contribution is 7.99. The molecule has 1 aliphatic carbocycles. The lowest BCUT2D eigenvalue weighted by Crippen LogP contribution is -2.23. The summed E-state index contributed by atoms with van der Waals surface area (Å²) in [5.41, 5.74) is 0. The summed E-state index contributed by atoms with van der Waals surface area (Å²) in [7, 11) is 1.73. The molecule has 1 aromatic rings. The van der Waals surface area contributed by atoms with Gasteiger partial charge in [-0.3, -0.25) is 4.79 Å². The first-order valence-electron chi connectivity index (χ1n) is 6.86. The SMILES string of the molecule is COC1CCCC1n1c(SCC(=O)O)nnc1C(C)C.